The molecular formula is C26H36IN7. The third kappa shape index (κ3) is 7.27. The Hall–Kier alpha value is -2.46. The molecule has 2 aromatic carbocycles. The third-order valence-corrected chi connectivity index (χ3v) is 6.44. The van der Waals surface area contributed by atoms with Gasteiger partial charge in [-0.2, -0.15) is 0 Å². The van der Waals surface area contributed by atoms with E-state index in [0.29, 0.717) is 19.1 Å². The topological polar surface area (TPSA) is 70.4 Å². The summed E-state index contributed by atoms with van der Waals surface area (Å²) < 4.78 is 2.01. The largest absolute Gasteiger partial charge is 0.354 e. The molecule has 2 N–H and O–H groups in total. The van der Waals surface area contributed by atoms with E-state index in [1.807, 2.05) is 24.6 Å². The van der Waals surface area contributed by atoms with E-state index >= 15 is 0 Å². The zero-order valence-electron chi connectivity index (χ0n) is 20.4. The number of benzene rings is 2. The number of aryl methyl sites for hydroxylation is 2. The van der Waals surface area contributed by atoms with Crippen LogP contribution in [0.3, 0.4) is 0 Å². The molecule has 182 valence electrons. The number of halogens is 1. The molecule has 0 amide bonds. The molecule has 0 aliphatic carbocycles. The molecule has 3 aromatic rings. The Morgan fingerprint density at radius 1 is 1.00 bits per heavy atom. The van der Waals surface area contributed by atoms with Crippen LogP contribution in [0.2, 0.25) is 0 Å². The summed E-state index contributed by atoms with van der Waals surface area (Å²) in [6.45, 7) is 8.58. The predicted molar refractivity (Wildman–Crippen MR) is 148 cm³/mol. The lowest BCUT2D eigenvalue weighted by atomic mass is 10.0. The van der Waals surface area contributed by atoms with E-state index in [1.54, 1.807) is 0 Å². The Morgan fingerprint density at radius 3 is 2.38 bits per heavy atom. The minimum atomic E-state index is 0. The first-order valence-corrected chi connectivity index (χ1v) is 11.8. The first-order valence-electron chi connectivity index (χ1n) is 11.8. The number of aliphatic imine (C=N–C) groups is 1. The number of hydrogen-bond donors (Lipinski definition) is 2. The Labute approximate surface area is 220 Å². The van der Waals surface area contributed by atoms with Gasteiger partial charge >= 0.3 is 0 Å². The molecule has 7 nitrogen and oxygen atoms in total. The van der Waals surface area contributed by atoms with Gasteiger partial charge in [-0.25, -0.2) is 4.99 Å². The molecule has 0 unspecified atom stereocenters. The number of hydrogen-bond acceptors (Lipinski definition) is 4. The second-order valence-corrected chi connectivity index (χ2v) is 8.85. The van der Waals surface area contributed by atoms with Crippen molar-refractivity contribution in [1.29, 1.82) is 0 Å². The van der Waals surface area contributed by atoms with Gasteiger partial charge in [0.1, 0.15) is 5.82 Å². The van der Waals surface area contributed by atoms with Gasteiger partial charge in [0.2, 0.25) is 0 Å². The van der Waals surface area contributed by atoms with E-state index in [1.165, 1.54) is 16.7 Å². The van der Waals surface area contributed by atoms with Crippen LogP contribution in [-0.4, -0.2) is 44.8 Å². The summed E-state index contributed by atoms with van der Waals surface area (Å²) in [4.78, 5) is 7.41. The summed E-state index contributed by atoms with van der Waals surface area (Å²) >= 11 is 0. The monoisotopic (exact) mass is 573 g/mol. The summed E-state index contributed by atoms with van der Waals surface area (Å²) in [6.07, 6.45) is 2.20. The Kier molecular flexibility index (Phi) is 9.88. The zero-order chi connectivity index (χ0) is 23.0. The number of piperidine rings is 1. The fraction of sp³-hybridized carbons (Fsp3) is 0.423. The fourth-order valence-corrected chi connectivity index (χ4v) is 4.13. The van der Waals surface area contributed by atoms with Crippen LogP contribution in [0.1, 0.15) is 41.2 Å². The number of nitrogens with zero attached hydrogens (tertiary/aromatic N) is 5. The second kappa shape index (κ2) is 12.9. The highest BCUT2D eigenvalue weighted by Gasteiger charge is 2.20. The molecule has 1 fully saturated rings. The Morgan fingerprint density at radius 2 is 1.71 bits per heavy atom. The van der Waals surface area contributed by atoms with E-state index in [0.717, 1.165) is 50.1 Å². The highest BCUT2D eigenvalue weighted by atomic mass is 127. The van der Waals surface area contributed by atoms with Crippen LogP contribution in [0.15, 0.2) is 59.6 Å². The van der Waals surface area contributed by atoms with Crippen LogP contribution in [0, 0.1) is 13.8 Å². The molecule has 8 heteroatoms. The number of likely N-dealkylation sites (tertiary alicyclic amines) is 1. The minimum absolute atomic E-state index is 0. The van der Waals surface area contributed by atoms with Gasteiger partial charge < -0.3 is 15.2 Å². The van der Waals surface area contributed by atoms with Crippen LogP contribution in [0.5, 0.6) is 0 Å². The molecule has 0 atom stereocenters. The lowest BCUT2D eigenvalue weighted by Crippen LogP contribution is -2.48. The van der Waals surface area contributed by atoms with E-state index in [4.69, 9.17) is 4.99 Å². The summed E-state index contributed by atoms with van der Waals surface area (Å²) in [5.41, 5.74) is 3.99. The van der Waals surface area contributed by atoms with Crippen molar-refractivity contribution in [3.63, 3.8) is 0 Å². The van der Waals surface area contributed by atoms with Crippen LogP contribution >= 0.6 is 24.0 Å². The second-order valence-electron chi connectivity index (χ2n) is 8.85. The molecule has 1 saturated heterocycles. The van der Waals surface area contributed by atoms with Crippen LogP contribution in [0.4, 0.5) is 0 Å². The van der Waals surface area contributed by atoms with Crippen molar-refractivity contribution < 1.29 is 0 Å². The van der Waals surface area contributed by atoms with Crippen LogP contribution in [-0.2, 0) is 26.7 Å². The standard InChI is InChI=1S/C26H35N7.HI/c1-20-9-7-8-12-23(20)19-33-15-13-24(14-16-33)29-26(27-17-22-10-5-4-6-11-22)28-18-25-31-30-21(2)32(25)3;/h4-12,24H,13-19H2,1-3H3,(H2,27,28,29);1H. The lowest BCUT2D eigenvalue weighted by molar-refractivity contribution is 0.198. The van der Waals surface area contributed by atoms with E-state index < -0.39 is 0 Å². The molecule has 0 saturated carbocycles. The Balaban J connectivity index is 0.00000324. The van der Waals surface area contributed by atoms with Crippen molar-refractivity contribution in [2.75, 3.05) is 13.1 Å². The molecule has 34 heavy (non-hydrogen) atoms. The van der Waals surface area contributed by atoms with Crippen molar-refractivity contribution in [3.8, 4) is 0 Å². The number of aromatic nitrogens is 3. The summed E-state index contributed by atoms with van der Waals surface area (Å²) in [5.74, 6) is 2.63. The molecule has 1 aliphatic rings. The van der Waals surface area contributed by atoms with Crippen molar-refractivity contribution in [3.05, 3.63) is 82.9 Å². The fourth-order valence-electron chi connectivity index (χ4n) is 4.13. The maximum Gasteiger partial charge on any atom is 0.192 e. The van der Waals surface area contributed by atoms with Crippen molar-refractivity contribution >= 4 is 29.9 Å². The average Bonchev–Trinajstić information content (AvgIpc) is 3.16. The maximum atomic E-state index is 4.86. The highest BCUT2D eigenvalue weighted by molar-refractivity contribution is 14.0. The van der Waals surface area contributed by atoms with Crippen molar-refractivity contribution in [2.45, 2.75) is 52.4 Å². The van der Waals surface area contributed by atoms with Crippen molar-refractivity contribution in [1.82, 2.24) is 30.3 Å². The van der Waals surface area contributed by atoms with Crippen molar-refractivity contribution in [2.24, 2.45) is 12.0 Å². The SMILES string of the molecule is Cc1ccccc1CN1CCC(NC(=NCc2ccccc2)NCc2nnc(C)n2C)CC1.I. The molecule has 0 radical (unpaired) electrons. The summed E-state index contributed by atoms with van der Waals surface area (Å²) in [5, 5.41) is 15.6. The smallest absolute Gasteiger partial charge is 0.192 e. The van der Waals surface area contributed by atoms with E-state index in [-0.39, 0.29) is 24.0 Å². The van der Waals surface area contributed by atoms with E-state index in [9.17, 15) is 0 Å². The molecule has 0 spiro atoms. The molecule has 1 aliphatic heterocycles. The van der Waals surface area contributed by atoms with Gasteiger partial charge in [0.05, 0.1) is 13.1 Å². The average molecular weight is 574 g/mol. The third-order valence-electron chi connectivity index (χ3n) is 6.44. The first kappa shape index (κ1) is 26.2. The summed E-state index contributed by atoms with van der Waals surface area (Å²) in [7, 11) is 1.99. The summed E-state index contributed by atoms with van der Waals surface area (Å²) in [6, 6.07) is 19.4. The van der Waals surface area contributed by atoms with Crippen LogP contribution in [0.25, 0.3) is 0 Å². The van der Waals surface area contributed by atoms with Gasteiger partial charge in [-0.15, -0.1) is 34.2 Å². The zero-order valence-corrected chi connectivity index (χ0v) is 22.7. The van der Waals surface area contributed by atoms with Gasteiger partial charge in [0, 0.05) is 32.7 Å². The number of rotatable bonds is 7. The van der Waals surface area contributed by atoms with Gasteiger partial charge in [0.15, 0.2) is 11.8 Å². The molecule has 2 heterocycles. The molecular weight excluding hydrogens is 537 g/mol. The quantitative estimate of drug-likeness (QED) is 0.255. The number of nitrogens with one attached hydrogen (secondary N) is 2. The first-order chi connectivity index (χ1) is 16.1. The minimum Gasteiger partial charge on any atom is -0.354 e. The highest BCUT2D eigenvalue weighted by Crippen LogP contribution is 2.16. The molecule has 4 rings (SSSR count). The number of guanidine groups is 1. The molecule has 0 bridgehead atoms. The lowest BCUT2D eigenvalue weighted by Gasteiger charge is -2.33. The maximum absolute atomic E-state index is 4.86. The van der Waals surface area contributed by atoms with Gasteiger partial charge in [-0.3, -0.25) is 4.90 Å². The van der Waals surface area contributed by atoms with Gasteiger partial charge in [-0.1, -0.05) is 54.6 Å². The van der Waals surface area contributed by atoms with Crippen LogP contribution < -0.4 is 10.6 Å². The molecule has 1 aromatic heterocycles. The normalized spacial score (nSPS) is 15.1. The Bertz CT molecular complexity index is 1060. The van der Waals surface area contributed by atoms with E-state index in [2.05, 4.69) is 81.2 Å². The van der Waals surface area contributed by atoms with Gasteiger partial charge in [0.25, 0.3) is 0 Å². The van der Waals surface area contributed by atoms with Gasteiger partial charge in [-0.05, 0) is 43.4 Å². The predicted octanol–water partition coefficient (Wildman–Crippen LogP) is 3.95.